The summed E-state index contributed by atoms with van der Waals surface area (Å²) in [6.45, 7) is 3.35. The Morgan fingerprint density at radius 1 is 1.03 bits per heavy atom. The molecule has 1 amide bonds. The summed E-state index contributed by atoms with van der Waals surface area (Å²) in [7, 11) is 0. The van der Waals surface area contributed by atoms with E-state index >= 15 is 0 Å². The van der Waals surface area contributed by atoms with Crippen LogP contribution in [-0.4, -0.2) is 66.4 Å². The molecule has 1 N–H and O–H groups in total. The van der Waals surface area contributed by atoms with Crippen LogP contribution < -0.4 is 5.32 Å². The maximum atomic E-state index is 13.4. The van der Waals surface area contributed by atoms with Crippen LogP contribution in [0.4, 0.5) is 13.2 Å². The van der Waals surface area contributed by atoms with E-state index in [-0.39, 0.29) is 25.2 Å². The number of likely N-dealkylation sites (tertiary alicyclic amines) is 1. The quantitative estimate of drug-likeness (QED) is 0.572. The highest BCUT2D eigenvalue weighted by Crippen LogP contribution is 2.25. The van der Waals surface area contributed by atoms with Crippen LogP contribution >= 0.6 is 0 Å². The Labute approximate surface area is 204 Å². The second-order valence-electron chi connectivity index (χ2n) is 9.42. The lowest BCUT2D eigenvalue weighted by molar-refractivity contribution is -0.187. The Kier molecular flexibility index (Phi) is 8.23. The fourth-order valence-corrected chi connectivity index (χ4v) is 5.07. The second-order valence-corrected chi connectivity index (χ2v) is 9.42. The minimum atomic E-state index is -4.93. The smallest absolute Gasteiger partial charge is 0.331 e. The molecule has 1 fully saturated rings. The van der Waals surface area contributed by atoms with Gasteiger partial charge in [-0.2, -0.15) is 13.2 Å². The minimum absolute atomic E-state index is 0.0806. The average Bonchev–Trinajstić information content (AvgIpc) is 3.16. The number of carbonyl (C=O) groups excluding carboxylic acids is 2. The monoisotopic (exact) mass is 487 g/mol. The van der Waals surface area contributed by atoms with E-state index < -0.39 is 18.1 Å². The van der Waals surface area contributed by atoms with Crippen molar-refractivity contribution >= 4 is 11.7 Å². The van der Waals surface area contributed by atoms with Crippen LogP contribution in [0.2, 0.25) is 0 Å². The Bertz CT molecular complexity index is 1030. The molecular weight excluding hydrogens is 455 g/mol. The molecule has 1 atom stereocenters. The van der Waals surface area contributed by atoms with E-state index in [0.29, 0.717) is 31.6 Å². The van der Waals surface area contributed by atoms with Crippen molar-refractivity contribution in [2.75, 3.05) is 32.7 Å². The molecule has 2 aliphatic heterocycles. The summed E-state index contributed by atoms with van der Waals surface area (Å²) in [6, 6.07) is 14.9. The zero-order chi connectivity index (χ0) is 24.8. The highest BCUT2D eigenvalue weighted by Gasteiger charge is 2.45. The van der Waals surface area contributed by atoms with Gasteiger partial charge in [-0.3, -0.25) is 14.5 Å². The Hall–Kier alpha value is -2.71. The van der Waals surface area contributed by atoms with E-state index in [1.54, 1.807) is 0 Å². The van der Waals surface area contributed by atoms with Crippen molar-refractivity contribution in [3.8, 4) is 0 Å². The van der Waals surface area contributed by atoms with Gasteiger partial charge in [-0.25, -0.2) is 0 Å². The molecule has 35 heavy (non-hydrogen) atoms. The molecule has 1 unspecified atom stereocenters. The summed E-state index contributed by atoms with van der Waals surface area (Å²) in [6.07, 6.45) is -2.36. The number of amides is 1. The van der Waals surface area contributed by atoms with Crippen molar-refractivity contribution in [2.24, 2.45) is 0 Å². The zero-order valence-electron chi connectivity index (χ0n) is 19.8. The van der Waals surface area contributed by atoms with E-state index in [2.05, 4.69) is 10.2 Å². The average molecular weight is 488 g/mol. The van der Waals surface area contributed by atoms with Gasteiger partial charge >= 0.3 is 12.1 Å². The molecular formula is C27H32F3N3O2. The fourth-order valence-electron chi connectivity index (χ4n) is 5.07. The van der Waals surface area contributed by atoms with Crippen molar-refractivity contribution in [3.05, 3.63) is 70.8 Å². The lowest BCUT2D eigenvalue weighted by Gasteiger charge is -2.30. The predicted octanol–water partition coefficient (Wildman–Crippen LogP) is 4.00. The summed E-state index contributed by atoms with van der Waals surface area (Å²) in [4.78, 5) is 28.1. The van der Waals surface area contributed by atoms with Gasteiger partial charge in [-0.15, -0.1) is 0 Å². The first-order valence-corrected chi connectivity index (χ1v) is 12.3. The molecule has 0 bridgehead atoms. The third-order valence-corrected chi connectivity index (χ3v) is 6.91. The number of carbonyl (C=O) groups is 2. The van der Waals surface area contributed by atoms with Crippen LogP contribution in [0.1, 0.15) is 46.3 Å². The number of hydrogen-bond donors (Lipinski definition) is 1. The maximum absolute atomic E-state index is 13.4. The van der Waals surface area contributed by atoms with E-state index in [1.165, 1.54) is 5.56 Å². The Balaban J connectivity index is 1.36. The summed E-state index contributed by atoms with van der Waals surface area (Å²) < 4.78 is 40.1. The largest absolute Gasteiger partial charge is 0.471 e. The number of ketones is 1. The molecule has 0 spiro atoms. The molecule has 4 rings (SSSR count). The molecule has 2 aromatic rings. The number of benzene rings is 2. The number of fused-ring (bicyclic) bond motifs is 1. The van der Waals surface area contributed by atoms with Gasteiger partial charge in [0.25, 0.3) is 0 Å². The van der Waals surface area contributed by atoms with Crippen molar-refractivity contribution in [1.29, 1.82) is 0 Å². The lowest BCUT2D eigenvalue weighted by atomic mass is 9.97. The number of Topliss-reactive ketones (excluding diaryl/α,β-unsaturated/α-hetero) is 1. The second kappa shape index (κ2) is 11.4. The Morgan fingerprint density at radius 3 is 2.51 bits per heavy atom. The van der Waals surface area contributed by atoms with Crippen LogP contribution in [0.5, 0.6) is 0 Å². The van der Waals surface area contributed by atoms with Crippen LogP contribution in [0.25, 0.3) is 0 Å². The maximum Gasteiger partial charge on any atom is 0.471 e. The molecule has 0 saturated carbocycles. The summed E-state index contributed by atoms with van der Waals surface area (Å²) in [5.41, 5.74) is 4.06. The topological polar surface area (TPSA) is 52.7 Å². The first-order chi connectivity index (χ1) is 16.8. The fraction of sp³-hybridized carbons (Fsp3) is 0.481. The molecule has 2 aromatic carbocycles. The van der Waals surface area contributed by atoms with E-state index in [1.807, 2.05) is 48.5 Å². The number of hydrogen-bond acceptors (Lipinski definition) is 4. The van der Waals surface area contributed by atoms with Gasteiger partial charge in [-0.1, -0.05) is 42.5 Å². The molecule has 8 heteroatoms. The third-order valence-electron chi connectivity index (χ3n) is 6.91. The first-order valence-electron chi connectivity index (χ1n) is 12.3. The highest BCUT2D eigenvalue weighted by atomic mass is 19.4. The molecule has 0 aromatic heterocycles. The SMILES string of the molecule is O=C(CCCN(C(=O)C(F)(F)F)C1CCN(Cc2ccccc2)C1)c1ccc2c(c1)CCNCC2. The van der Waals surface area contributed by atoms with Gasteiger partial charge in [0.2, 0.25) is 0 Å². The van der Waals surface area contributed by atoms with Gasteiger partial charge in [0.15, 0.2) is 5.78 Å². The standard InChI is InChI=1S/C27H32F3N3O2/c28-27(29,30)26(35)33(24-12-16-32(19-24)18-20-5-2-1-3-6-20)15-4-7-25(34)23-9-8-21-10-13-31-14-11-22(21)17-23/h1-3,5-6,8-9,17,24,31H,4,7,10-16,18-19H2. The van der Waals surface area contributed by atoms with Crippen molar-refractivity contribution in [2.45, 2.75) is 50.9 Å². The highest BCUT2D eigenvalue weighted by molar-refractivity contribution is 5.96. The minimum Gasteiger partial charge on any atom is -0.331 e. The van der Waals surface area contributed by atoms with Crippen molar-refractivity contribution < 1.29 is 22.8 Å². The van der Waals surface area contributed by atoms with E-state index in [4.69, 9.17) is 0 Å². The number of rotatable bonds is 8. The lowest BCUT2D eigenvalue weighted by Crippen LogP contribution is -2.48. The van der Waals surface area contributed by atoms with Crippen molar-refractivity contribution in [3.63, 3.8) is 0 Å². The van der Waals surface area contributed by atoms with Gasteiger partial charge in [0.1, 0.15) is 0 Å². The van der Waals surface area contributed by atoms with Gasteiger partial charge in [0.05, 0.1) is 0 Å². The molecule has 5 nitrogen and oxygen atoms in total. The van der Waals surface area contributed by atoms with Gasteiger partial charge in [-0.05, 0) is 61.5 Å². The van der Waals surface area contributed by atoms with E-state index in [0.717, 1.165) is 42.0 Å². The molecule has 188 valence electrons. The van der Waals surface area contributed by atoms with Gasteiger partial charge < -0.3 is 10.2 Å². The summed E-state index contributed by atoms with van der Waals surface area (Å²) >= 11 is 0. The van der Waals surface area contributed by atoms with Crippen LogP contribution in [-0.2, 0) is 24.2 Å². The molecule has 0 aliphatic carbocycles. The number of nitrogens with zero attached hydrogens (tertiary/aromatic N) is 2. The van der Waals surface area contributed by atoms with Crippen LogP contribution in [0.15, 0.2) is 48.5 Å². The molecule has 0 radical (unpaired) electrons. The Morgan fingerprint density at radius 2 is 1.77 bits per heavy atom. The van der Waals surface area contributed by atoms with Crippen molar-refractivity contribution in [1.82, 2.24) is 15.1 Å². The van der Waals surface area contributed by atoms with Crippen LogP contribution in [0.3, 0.4) is 0 Å². The summed E-state index contributed by atoms with van der Waals surface area (Å²) in [5.74, 6) is -1.91. The number of nitrogens with one attached hydrogen (secondary N) is 1. The number of halogens is 3. The van der Waals surface area contributed by atoms with Gasteiger partial charge in [0, 0.05) is 44.2 Å². The first kappa shape index (κ1) is 25.4. The van der Waals surface area contributed by atoms with E-state index in [9.17, 15) is 22.8 Å². The molecule has 1 saturated heterocycles. The molecule has 2 heterocycles. The normalized spacial score (nSPS) is 18.7. The number of alkyl halides is 3. The van der Waals surface area contributed by atoms with Crippen LogP contribution in [0, 0.1) is 0 Å². The summed E-state index contributed by atoms with van der Waals surface area (Å²) in [5, 5.41) is 3.34. The molecule has 2 aliphatic rings. The third kappa shape index (κ3) is 6.70. The zero-order valence-corrected chi connectivity index (χ0v) is 19.8. The predicted molar refractivity (Wildman–Crippen MR) is 128 cm³/mol.